The largest absolute Gasteiger partial charge is 0.305 e. The molecule has 0 fully saturated rings. The summed E-state index contributed by atoms with van der Waals surface area (Å²) in [6, 6.07) is 0. The smallest absolute Gasteiger partial charge is 0.137 e. The molecule has 0 aromatic carbocycles. The molecule has 0 saturated carbocycles. The molecule has 13 heavy (non-hydrogen) atoms. The fourth-order valence-corrected chi connectivity index (χ4v) is 1.60. The van der Waals surface area contributed by atoms with Crippen LogP contribution in [-0.2, 0) is 4.79 Å². The van der Waals surface area contributed by atoms with Crippen LogP contribution in [0.25, 0.3) is 0 Å². The third kappa shape index (κ3) is 2.14. The number of hydrogen-bond donors (Lipinski definition) is 1. The zero-order valence-corrected chi connectivity index (χ0v) is 8.35. The highest BCUT2D eigenvalue weighted by atomic mass is 16.1. The van der Waals surface area contributed by atoms with Crippen molar-refractivity contribution in [3.05, 3.63) is 23.3 Å². The molecule has 0 aromatic heterocycles. The summed E-state index contributed by atoms with van der Waals surface area (Å²) in [5.74, 6) is 0.0767. The second-order valence-corrected chi connectivity index (χ2v) is 3.63. The Morgan fingerprint density at radius 3 is 2.54 bits per heavy atom. The van der Waals surface area contributed by atoms with Gasteiger partial charge in [-0.2, -0.15) is 0 Å². The Morgan fingerprint density at radius 2 is 2.08 bits per heavy atom. The molecule has 2 heteroatoms. The lowest BCUT2D eigenvalue weighted by Gasteiger charge is -2.20. The first-order valence-corrected chi connectivity index (χ1v) is 4.45. The molecule has 0 amide bonds. The summed E-state index contributed by atoms with van der Waals surface area (Å²) in [6.07, 6.45) is 4.66. The van der Waals surface area contributed by atoms with Crippen LogP contribution in [0.3, 0.4) is 0 Å². The Labute approximate surface area is 78.9 Å². The minimum absolute atomic E-state index is 0.0810. The van der Waals surface area contributed by atoms with Crippen molar-refractivity contribution in [2.24, 2.45) is 5.92 Å². The first-order chi connectivity index (χ1) is 6.02. The molecule has 0 bridgehead atoms. The SMILES string of the molecule is CC(=N)C1=CC=C(C)CC1C(C)=O. The van der Waals surface area contributed by atoms with Gasteiger partial charge < -0.3 is 5.41 Å². The molecule has 0 heterocycles. The monoisotopic (exact) mass is 177 g/mol. The van der Waals surface area contributed by atoms with Gasteiger partial charge in [0.05, 0.1) is 0 Å². The lowest BCUT2D eigenvalue weighted by Crippen LogP contribution is -2.20. The van der Waals surface area contributed by atoms with Crippen molar-refractivity contribution in [3.63, 3.8) is 0 Å². The maximum atomic E-state index is 11.3. The molecule has 0 saturated heterocycles. The molecule has 0 aliphatic heterocycles. The molecule has 1 rings (SSSR count). The minimum atomic E-state index is -0.0810. The van der Waals surface area contributed by atoms with Gasteiger partial charge in [-0.3, -0.25) is 4.79 Å². The summed E-state index contributed by atoms with van der Waals surface area (Å²) in [5, 5.41) is 7.53. The topological polar surface area (TPSA) is 40.9 Å². The van der Waals surface area contributed by atoms with Gasteiger partial charge in [-0.15, -0.1) is 0 Å². The number of ketones is 1. The number of nitrogens with one attached hydrogen (secondary N) is 1. The first-order valence-electron chi connectivity index (χ1n) is 4.45. The molecule has 1 unspecified atom stereocenters. The molecular weight excluding hydrogens is 162 g/mol. The van der Waals surface area contributed by atoms with Crippen LogP contribution >= 0.6 is 0 Å². The van der Waals surface area contributed by atoms with Crippen LogP contribution in [0.1, 0.15) is 27.2 Å². The predicted octanol–water partition coefficient (Wildman–Crippen LogP) is 2.51. The Bertz CT molecular complexity index is 310. The summed E-state index contributed by atoms with van der Waals surface area (Å²) in [7, 11) is 0. The van der Waals surface area contributed by atoms with E-state index in [4.69, 9.17) is 5.41 Å². The normalized spacial score (nSPS) is 21.9. The van der Waals surface area contributed by atoms with E-state index >= 15 is 0 Å². The van der Waals surface area contributed by atoms with Crippen LogP contribution in [0.4, 0.5) is 0 Å². The van der Waals surface area contributed by atoms with Gasteiger partial charge in [0.2, 0.25) is 0 Å². The number of carbonyl (C=O) groups is 1. The number of hydrogen-bond acceptors (Lipinski definition) is 2. The second-order valence-electron chi connectivity index (χ2n) is 3.63. The van der Waals surface area contributed by atoms with Gasteiger partial charge in [-0.25, -0.2) is 0 Å². The van der Waals surface area contributed by atoms with Crippen molar-refractivity contribution >= 4 is 11.5 Å². The van der Waals surface area contributed by atoms with Gasteiger partial charge in [0.15, 0.2) is 0 Å². The number of rotatable bonds is 2. The van der Waals surface area contributed by atoms with Crippen LogP contribution in [-0.4, -0.2) is 11.5 Å². The van der Waals surface area contributed by atoms with E-state index < -0.39 is 0 Å². The van der Waals surface area contributed by atoms with Crippen LogP contribution in [0.15, 0.2) is 23.3 Å². The van der Waals surface area contributed by atoms with Gasteiger partial charge in [-0.1, -0.05) is 17.7 Å². The van der Waals surface area contributed by atoms with Crippen molar-refractivity contribution in [2.45, 2.75) is 27.2 Å². The van der Waals surface area contributed by atoms with E-state index in [2.05, 4.69) is 0 Å². The van der Waals surface area contributed by atoms with E-state index in [1.165, 1.54) is 5.57 Å². The van der Waals surface area contributed by atoms with E-state index in [-0.39, 0.29) is 11.7 Å². The summed E-state index contributed by atoms with van der Waals surface area (Å²) in [6.45, 7) is 5.35. The molecule has 0 spiro atoms. The molecule has 1 atom stereocenters. The van der Waals surface area contributed by atoms with Crippen LogP contribution in [0, 0.1) is 11.3 Å². The summed E-state index contributed by atoms with van der Waals surface area (Å²) < 4.78 is 0. The fourth-order valence-electron chi connectivity index (χ4n) is 1.60. The standard InChI is InChI=1S/C11H15NO/c1-7-4-5-10(8(2)12)11(6-7)9(3)13/h4-5,11-12H,6H2,1-3H3. The average Bonchev–Trinajstić information content (AvgIpc) is 2.03. The first kappa shape index (κ1) is 9.90. The van der Waals surface area contributed by atoms with Crippen molar-refractivity contribution in [1.29, 1.82) is 5.41 Å². The second kappa shape index (κ2) is 3.69. The Balaban J connectivity index is 2.99. The zero-order chi connectivity index (χ0) is 10.0. The zero-order valence-electron chi connectivity index (χ0n) is 8.35. The van der Waals surface area contributed by atoms with E-state index in [0.29, 0.717) is 5.71 Å². The van der Waals surface area contributed by atoms with Crippen molar-refractivity contribution in [3.8, 4) is 0 Å². The van der Waals surface area contributed by atoms with Gasteiger partial charge in [-0.05, 0) is 32.8 Å². The van der Waals surface area contributed by atoms with Gasteiger partial charge in [0, 0.05) is 11.6 Å². The number of Topliss-reactive ketones (excluding diaryl/α,β-unsaturated/α-hetero) is 1. The molecule has 0 radical (unpaired) electrons. The van der Waals surface area contributed by atoms with Crippen molar-refractivity contribution in [1.82, 2.24) is 0 Å². The van der Waals surface area contributed by atoms with E-state index in [9.17, 15) is 4.79 Å². The Kier molecular flexibility index (Phi) is 2.81. The van der Waals surface area contributed by atoms with E-state index in [0.717, 1.165) is 12.0 Å². The maximum Gasteiger partial charge on any atom is 0.137 e. The lowest BCUT2D eigenvalue weighted by molar-refractivity contribution is -0.119. The van der Waals surface area contributed by atoms with Gasteiger partial charge in [0.25, 0.3) is 0 Å². The lowest BCUT2D eigenvalue weighted by atomic mass is 9.83. The molecule has 2 nitrogen and oxygen atoms in total. The molecule has 70 valence electrons. The molecule has 1 N–H and O–H groups in total. The Hall–Kier alpha value is -1.18. The average molecular weight is 177 g/mol. The number of allylic oxidation sites excluding steroid dienone is 4. The van der Waals surface area contributed by atoms with Crippen LogP contribution in [0.2, 0.25) is 0 Å². The molecular formula is C11H15NO. The maximum absolute atomic E-state index is 11.3. The predicted molar refractivity (Wildman–Crippen MR) is 54.0 cm³/mol. The molecule has 1 aliphatic rings. The summed E-state index contributed by atoms with van der Waals surface area (Å²) in [5.41, 5.74) is 2.59. The van der Waals surface area contributed by atoms with E-state index in [1.54, 1.807) is 13.8 Å². The van der Waals surface area contributed by atoms with Crippen molar-refractivity contribution in [2.75, 3.05) is 0 Å². The van der Waals surface area contributed by atoms with Gasteiger partial charge in [0.1, 0.15) is 5.78 Å². The van der Waals surface area contributed by atoms with Crippen LogP contribution in [0.5, 0.6) is 0 Å². The highest BCUT2D eigenvalue weighted by molar-refractivity contribution is 6.02. The fraction of sp³-hybridized carbons (Fsp3) is 0.455. The quantitative estimate of drug-likeness (QED) is 0.647. The highest BCUT2D eigenvalue weighted by Crippen LogP contribution is 2.26. The third-order valence-electron chi connectivity index (χ3n) is 2.37. The third-order valence-corrected chi connectivity index (χ3v) is 2.37. The van der Waals surface area contributed by atoms with Crippen molar-refractivity contribution < 1.29 is 4.79 Å². The highest BCUT2D eigenvalue weighted by Gasteiger charge is 2.22. The number of carbonyl (C=O) groups excluding carboxylic acids is 1. The van der Waals surface area contributed by atoms with Crippen LogP contribution < -0.4 is 0 Å². The Morgan fingerprint density at radius 1 is 1.46 bits per heavy atom. The molecule has 1 aliphatic carbocycles. The minimum Gasteiger partial charge on any atom is -0.305 e. The summed E-state index contributed by atoms with van der Waals surface area (Å²) >= 11 is 0. The summed E-state index contributed by atoms with van der Waals surface area (Å²) in [4.78, 5) is 11.3. The molecule has 0 aromatic rings. The van der Waals surface area contributed by atoms with E-state index in [1.807, 2.05) is 19.1 Å². The van der Waals surface area contributed by atoms with Gasteiger partial charge >= 0.3 is 0 Å².